The van der Waals surface area contributed by atoms with E-state index in [0.29, 0.717) is 5.88 Å². The third-order valence-electron chi connectivity index (χ3n) is 3.63. The minimum atomic E-state index is 0.536. The third-order valence-corrected chi connectivity index (χ3v) is 4.00. The quantitative estimate of drug-likeness (QED) is 0.628. The van der Waals surface area contributed by atoms with E-state index in [1.54, 1.807) is 19.5 Å². The molecule has 1 aromatic carbocycles. The number of para-hydroxylation sites is 1. The van der Waals surface area contributed by atoms with E-state index in [-0.39, 0.29) is 0 Å². The second kappa shape index (κ2) is 7.99. The number of ether oxygens (including phenoxy) is 1. The predicted octanol–water partition coefficient (Wildman–Crippen LogP) is 3.97. The van der Waals surface area contributed by atoms with Gasteiger partial charge in [0, 0.05) is 35.2 Å². The monoisotopic (exact) mass is 340 g/mol. The third kappa shape index (κ3) is 4.15. The zero-order chi connectivity index (χ0) is 16.8. The Labute approximate surface area is 147 Å². The van der Waals surface area contributed by atoms with E-state index >= 15 is 0 Å². The van der Waals surface area contributed by atoms with Gasteiger partial charge in [0.15, 0.2) is 0 Å². The summed E-state index contributed by atoms with van der Waals surface area (Å²) in [6, 6.07) is 14.6. The Balaban J connectivity index is 0.000000290. The Morgan fingerprint density at radius 2 is 1.79 bits per heavy atom. The van der Waals surface area contributed by atoms with Gasteiger partial charge in [-0.15, -0.1) is 0 Å². The first kappa shape index (κ1) is 16.5. The molecule has 0 amide bonds. The summed E-state index contributed by atoms with van der Waals surface area (Å²) in [6.07, 6.45) is 6.11. The molecule has 0 bridgehead atoms. The largest absolute Gasteiger partial charge is 0.479 e. The van der Waals surface area contributed by atoms with Crippen molar-refractivity contribution in [3.8, 4) is 5.88 Å². The molecule has 0 unspecified atom stereocenters. The summed E-state index contributed by atoms with van der Waals surface area (Å²) < 4.78 is 8.06. The number of aromatic nitrogens is 2. The maximum Gasteiger partial charge on any atom is 0.240 e. The van der Waals surface area contributed by atoms with Gasteiger partial charge >= 0.3 is 0 Å². The summed E-state index contributed by atoms with van der Waals surface area (Å²) in [5.74, 6) is 0.536. The van der Waals surface area contributed by atoms with Gasteiger partial charge in [-0.25, -0.2) is 4.98 Å². The molecular formula is C18H20N4OS. The topological polar surface area (TPSA) is 59.1 Å². The number of pyridine rings is 2. The molecule has 0 radical (unpaired) electrons. The number of benzene rings is 1. The average Bonchev–Trinajstić information content (AvgIpc) is 3.47. The molecule has 124 valence electrons. The summed E-state index contributed by atoms with van der Waals surface area (Å²) in [4.78, 5) is 8.49. The van der Waals surface area contributed by atoms with Crippen LogP contribution in [0.4, 0.5) is 11.4 Å². The minimum Gasteiger partial charge on any atom is -0.479 e. The number of fused-ring (bicyclic) bond motifs is 1. The summed E-state index contributed by atoms with van der Waals surface area (Å²) in [5.41, 5.74) is 2.77. The zero-order valence-electron chi connectivity index (χ0n) is 13.4. The second-order valence-corrected chi connectivity index (χ2v) is 5.73. The SMILES string of the molecule is COc1nccc2c(Nc3ccccc3)ccnc12.SNC1CC1. The molecule has 1 saturated carbocycles. The summed E-state index contributed by atoms with van der Waals surface area (Å²) >= 11 is 3.83. The van der Waals surface area contributed by atoms with Crippen LogP contribution >= 0.6 is 12.8 Å². The molecule has 2 N–H and O–H groups in total. The Morgan fingerprint density at radius 1 is 1.04 bits per heavy atom. The van der Waals surface area contributed by atoms with Crippen LogP contribution in [-0.4, -0.2) is 23.1 Å². The second-order valence-electron chi connectivity index (χ2n) is 5.47. The van der Waals surface area contributed by atoms with Gasteiger partial charge in [-0.1, -0.05) is 31.0 Å². The standard InChI is InChI=1S/C15H13N3O.C3H7NS/c1-19-15-14-12(7-9-17-15)13(8-10-16-14)18-11-5-3-2-4-6-11;5-4-3-1-2-3/h2-10H,1H3,(H,16,18);3-5H,1-2H2. The molecule has 4 rings (SSSR count). The molecule has 1 aliphatic carbocycles. The average molecular weight is 340 g/mol. The maximum absolute atomic E-state index is 5.23. The van der Waals surface area contributed by atoms with Gasteiger partial charge in [0.05, 0.1) is 7.11 Å². The molecule has 0 aliphatic heterocycles. The summed E-state index contributed by atoms with van der Waals surface area (Å²) in [5, 5.41) is 4.36. The van der Waals surface area contributed by atoms with Gasteiger partial charge in [0.25, 0.3) is 0 Å². The summed E-state index contributed by atoms with van der Waals surface area (Å²) in [6.45, 7) is 0. The van der Waals surface area contributed by atoms with Crippen LogP contribution in [-0.2, 0) is 0 Å². The lowest BCUT2D eigenvalue weighted by atomic mass is 10.2. The lowest BCUT2D eigenvalue weighted by molar-refractivity contribution is 0.402. The highest BCUT2D eigenvalue weighted by Crippen LogP contribution is 2.28. The van der Waals surface area contributed by atoms with E-state index in [9.17, 15) is 0 Å². The fourth-order valence-corrected chi connectivity index (χ4v) is 2.46. The first-order chi connectivity index (χ1) is 11.8. The van der Waals surface area contributed by atoms with Crippen LogP contribution in [0.5, 0.6) is 5.88 Å². The van der Waals surface area contributed by atoms with Crippen LogP contribution in [0.25, 0.3) is 10.9 Å². The van der Waals surface area contributed by atoms with E-state index in [1.807, 2.05) is 42.5 Å². The number of anilines is 2. The molecule has 1 fully saturated rings. The van der Waals surface area contributed by atoms with Gasteiger partial charge in [0.2, 0.25) is 5.88 Å². The highest BCUT2D eigenvalue weighted by atomic mass is 32.1. The predicted molar refractivity (Wildman–Crippen MR) is 101 cm³/mol. The van der Waals surface area contributed by atoms with E-state index in [1.165, 1.54) is 12.8 Å². The minimum absolute atomic E-state index is 0.536. The number of methoxy groups -OCH3 is 1. The zero-order valence-corrected chi connectivity index (χ0v) is 14.3. The van der Waals surface area contributed by atoms with Crippen molar-refractivity contribution in [2.75, 3.05) is 12.4 Å². The first-order valence-corrected chi connectivity index (χ1v) is 8.26. The van der Waals surface area contributed by atoms with Gasteiger partial charge in [-0.3, -0.25) is 9.71 Å². The Kier molecular flexibility index (Phi) is 5.51. The molecule has 24 heavy (non-hydrogen) atoms. The van der Waals surface area contributed by atoms with E-state index < -0.39 is 0 Å². The molecule has 2 heterocycles. The number of rotatable bonds is 4. The fraction of sp³-hybridized carbons (Fsp3) is 0.222. The Bertz CT molecular complexity index is 793. The Hall–Kier alpha value is -2.31. The molecule has 2 aromatic heterocycles. The van der Waals surface area contributed by atoms with Crippen LogP contribution in [0.2, 0.25) is 0 Å². The van der Waals surface area contributed by atoms with Crippen LogP contribution in [0.15, 0.2) is 54.9 Å². The first-order valence-electron chi connectivity index (χ1n) is 7.81. The highest BCUT2D eigenvalue weighted by molar-refractivity contribution is 7.78. The van der Waals surface area contributed by atoms with Gasteiger partial charge in [-0.2, -0.15) is 0 Å². The number of hydrogen-bond acceptors (Lipinski definition) is 6. The molecule has 1 aliphatic rings. The number of hydrogen-bond donors (Lipinski definition) is 3. The summed E-state index contributed by atoms with van der Waals surface area (Å²) in [7, 11) is 1.60. The van der Waals surface area contributed by atoms with Gasteiger partial charge < -0.3 is 10.1 Å². The van der Waals surface area contributed by atoms with Crippen LogP contribution < -0.4 is 14.8 Å². The van der Waals surface area contributed by atoms with Crippen molar-refractivity contribution in [1.29, 1.82) is 0 Å². The van der Waals surface area contributed by atoms with Crippen molar-refractivity contribution in [3.05, 3.63) is 54.9 Å². The van der Waals surface area contributed by atoms with Crippen molar-refractivity contribution < 1.29 is 4.74 Å². The molecule has 0 atom stereocenters. The highest BCUT2D eigenvalue weighted by Gasteiger charge is 2.17. The number of nitrogens with one attached hydrogen (secondary N) is 2. The molecule has 0 spiro atoms. The van der Waals surface area contributed by atoms with Crippen molar-refractivity contribution in [3.63, 3.8) is 0 Å². The van der Waals surface area contributed by atoms with Crippen molar-refractivity contribution in [1.82, 2.24) is 14.7 Å². The Morgan fingerprint density at radius 3 is 2.42 bits per heavy atom. The number of thiol groups is 1. The fourth-order valence-electron chi connectivity index (χ4n) is 2.20. The van der Waals surface area contributed by atoms with Crippen molar-refractivity contribution in [2.45, 2.75) is 18.9 Å². The lowest BCUT2D eigenvalue weighted by Crippen LogP contribution is -1.98. The van der Waals surface area contributed by atoms with E-state index in [2.05, 4.69) is 32.8 Å². The molecule has 5 nitrogen and oxygen atoms in total. The van der Waals surface area contributed by atoms with Crippen LogP contribution in [0.1, 0.15) is 12.8 Å². The molecule has 6 heteroatoms. The lowest BCUT2D eigenvalue weighted by Gasteiger charge is -2.10. The van der Waals surface area contributed by atoms with Crippen molar-refractivity contribution in [2.24, 2.45) is 0 Å². The van der Waals surface area contributed by atoms with Crippen LogP contribution in [0.3, 0.4) is 0 Å². The number of nitrogens with zero attached hydrogens (tertiary/aromatic N) is 2. The molecular weight excluding hydrogens is 320 g/mol. The van der Waals surface area contributed by atoms with Crippen LogP contribution in [0, 0.1) is 0 Å². The normalized spacial score (nSPS) is 13.1. The molecule has 0 saturated heterocycles. The maximum atomic E-state index is 5.23. The van der Waals surface area contributed by atoms with E-state index in [0.717, 1.165) is 28.3 Å². The van der Waals surface area contributed by atoms with Gasteiger partial charge in [-0.05, 0) is 37.1 Å². The van der Waals surface area contributed by atoms with E-state index in [4.69, 9.17) is 4.74 Å². The van der Waals surface area contributed by atoms with Gasteiger partial charge in [0.1, 0.15) is 5.52 Å². The van der Waals surface area contributed by atoms with Crippen molar-refractivity contribution >= 4 is 35.1 Å². The smallest absolute Gasteiger partial charge is 0.240 e. The molecule has 3 aromatic rings.